The van der Waals surface area contributed by atoms with Crippen LogP contribution in [0.2, 0.25) is 5.02 Å². The van der Waals surface area contributed by atoms with Gasteiger partial charge in [-0.05, 0) is 54.8 Å². The van der Waals surface area contributed by atoms with Gasteiger partial charge in [0.2, 0.25) is 10.9 Å². The first-order chi connectivity index (χ1) is 20.8. The van der Waals surface area contributed by atoms with Gasteiger partial charge in [0.25, 0.3) is 5.91 Å². The molecule has 1 unspecified atom stereocenters. The summed E-state index contributed by atoms with van der Waals surface area (Å²) in [6, 6.07) is 14.8. The maximum Gasteiger partial charge on any atom is 0.296 e. The Labute approximate surface area is 262 Å². The third-order valence-electron chi connectivity index (χ3n) is 6.84. The predicted molar refractivity (Wildman–Crippen MR) is 167 cm³/mol. The van der Waals surface area contributed by atoms with Crippen LogP contribution in [0.5, 0.6) is 11.5 Å². The van der Waals surface area contributed by atoms with E-state index in [-0.39, 0.29) is 16.5 Å². The number of aliphatic hydroxyl groups excluding tert-OH is 1. The highest BCUT2D eigenvalue weighted by Crippen LogP contribution is 2.45. The molecule has 12 heteroatoms. The minimum Gasteiger partial charge on any atom is -0.503 e. The average Bonchev–Trinajstić information content (AvgIpc) is 3.73. The quantitative estimate of drug-likeness (QED) is 0.0678. The Kier molecular flexibility index (Phi) is 9.74. The molecule has 0 radical (unpaired) electrons. The van der Waals surface area contributed by atoms with Crippen LogP contribution in [-0.2, 0) is 10.5 Å². The lowest BCUT2D eigenvalue weighted by atomic mass is 9.95. The average molecular weight is 640 g/mol. The minimum absolute atomic E-state index is 0.00907. The van der Waals surface area contributed by atoms with Crippen molar-refractivity contribution in [2.75, 3.05) is 18.6 Å². The van der Waals surface area contributed by atoms with Gasteiger partial charge in [-0.2, -0.15) is 0 Å². The number of hydrogen-bond acceptors (Lipinski definition) is 10. The van der Waals surface area contributed by atoms with Crippen molar-refractivity contribution >= 4 is 51.5 Å². The molecule has 2 aromatic carbocycles. The molecule has 43 heavy (non-hydrogen) atoms. The number of halogens is 1. The number of aryl methyl sites for hydroxylation is 1. The van der Waals surface area contributed by atoms with Crippen molar-refractivity contribution in [1.82, 2.24) is 10.2 Å². The summed E-state index contributed by atoms with van der Waals surface area (Å²) in [7, 11) is 1.52. The van der Waals surface area contributed by atoms with Gasteiger partial charge in [-0.1, -0.05) is 78.7 Å². The summed E-state index contributed by atoms with van der Waals surface area (Å²) in [5.74, 6) is -0.00243. The number of nitrogens with zero attached hydrogens (tertiary/aromatic N) is 3. The number of aromatic nitrogens is 2. The van der Waals surface area contributed by atoms with Crippen molar-refractivity contribution < 1.29 is 28.6 Å². The molecular weight excluding hydrogens is 610 g/mol. The second-order valence-corrected chi connectivity index (χ2v) is 12.4. The highest BCUT2D eigenvalue weighted by atomic mass is 35.5. The van der Waals surface area contributed by atoms with Crippen molar-refractivity contribution in [3.05, 3.63) is 93.6 Å². The molecule has 4 aromatic rings. The fraction of sp³-hybridized carbons (Fsp3) is 0.290. The van der Waals surface area contributed by atoms with Gasteiger partial charge >= 0.3 is 0 Å². The highest BCUT2D eigenvalue weighted by Gasteiger charge is 2.47. The molecule has 2 aromatic heterocycles. The Morgan fingerprint density at radius 3 is 2.67 bits per heavy atom. The molecule has 1 aliphatic heterocycles. The molecule has 1 N–H and O–H groups in total. The fourth-order valence-electron chi connectivity index (χ4n) is 4.66. The number of hydrogen-bond donors (Lipinski definition) is 1. The highest BCUT2D eigenvalue weighted by molar-refractivity contribution is 8.00. The zero-order valence-corrected chi connectivity index (χ0v) is 26.2. The first kappa shape index (κ1) is 30.7. The number of Topliss-reactive ketones (excluding diaryl/α,β-unsaturated/α-hetero) is 1. The van der Waals surface area contributed by atoms with Crippen LogP contribution in [0.25, 0.3) is 0 Å². The molecule has 0 bridgehead atoms. The molecule has 9 nitrogen and oxygen atoms in total. The number of aliphatic hydroxyl groups is 1. The molecule has 1 amide bonds. The Balaban J connectivity index is 1.50. The van der Waals surface area contributed by atoms with Gasteiger partial charge in [0.1, 0.15) is 5.76 Å². The SMILES string of the molecule is CCCCCOc1ccc(C2C(C(=O)c3ccc(C)o3)=C(O)C(=O)N2c2nnc(SCc3ccccc3Cl)s2)cc1OC. The maximum absolute atomic E-state index is 13.7. The van der Waals surface area contributed by atoms with E-state index in [9.17, 15) is 14.7 Å². The number of rotatable bonds is 13. The second-order valence-electron chi connectivity index (χ2n) is 9.78. The van der Waals surface area contributed by atoms with Crippen molar-refractivity contribution in [3.8, 4) is 11.5 Å². The number of unbranched alkanes of at least 4 members (excludes halogenated alkanes) is 2. The van der Waals surface area contributed by atoms with Crippen molar-refractivity contribution in [2.24, 2.45) is 0 Å². The Bertz CT molecular complexity index is 1670. The zero-order chi connectivity index (χ0) is 30.5. The predicted octanol–water partition coefficient (Wildman–Crippen LogP) is 7.75. The van der Waals surface area contributed by atoms with Gasteiger partial charge in [0.15, 0.2) is 27.4 Å². The van der Waals surface area contributed by atoms with Crippen LogP contribution in [0.3, 0.4) is 0 Å². The monoisotopic (exact) mass is 639 g/mol. The summed E-state index contributed by atoms with van der Waals surface area (Å²) >= 11 is 8.90. The molecule has 5 rings (SSSR count). The lowest BCUT2D eigenvalue weighted by Crippen LogP contribution is -2.31. The number of benzene rings is 2. The second kappa shape index (κ2) is 13.7. The molecule has 0 saturated heterocycles. The molecule has 0 saturated carbocycles. The van der Waals surface area contributed by atoms with E-state index in [0.29, 0.717) is 44.5 Å². The first-order valence-electron chi connectivity index (χ1n) is 13.7. The Morgan fingerprint density at radius 1 is 1.14 bits per heavy atom. The summed E-state index contributed by atoms with van der Waals surface area (Å²) in [5.41, 5.74) is 1.33. The van der Waals surface area contributed by atoms with E-state index in [4.69, 9.17) is 25.5 Å². The number of carbonyl (C=O) groups excluding carboxylic acids is 2. The smallest absolute Gasteiger partial charge is 0.296 e. The number of anilines is 1. The van der Waals surface area contributed by atoms with E-state index in [1.54, 1.807) is 31.2 Å². The summed E-state index contributed by atoms with van der Waals surface area (Å²) in [6.07, 6.45) is 3.01. The standard InChI is InChI=1S/C31H30ClN3O6S2/c1-4-5-8-15-40-22-14-12-19(16-24(22)39-3)26-25(27(36)23-13-11-18(2)41-23)28(37)29(38)35(26)30-33-34-31(43-30)42-17-20-9-6-7-10-21(20)32/h6-7,9-14,16,26,37H,4-5,8,15,17H2,1-3H3. The van der Waals surface area contributed by atoms with Crippen LogP contribution in [0, 0.1) is 6.92 Å². The van der Waals surface area contributed by atoms with E-state index in [2.05, 4.69) is 17.1 Å². The number of ether oxygens (including phenoxy) is 2. The number of amides is 1. The summed E-state index contributed by atoms with van der Waals surface area (Å²) < 4.78 is 17.7. The molecule has 1 atom stereocenters. The van der Waals surface area contributed by atoms with E-state index in [0.717, 1.165) is 24.8 Å². The summed E-state index contributed by atoms with van der Waals surface area (Å²) in [6.45, 7) is 4.36. The van der Waals surface area contributed by atoms with E-state index >= 15 is 0 Å². The van der Waals surface area contributed by atoms with Crippen LogP contribution < -0.4 is 14.4 Å². The van der Waals surface area contributed by atoms with Gasteiger partial charge < -0.3 is 19.0 Å². The van der Waals surface area contributed by atoms with E-state index in [1.165, 1.54) is 41.2 Å². The van der Waals surface area contributed by atoms with E-state index in [1.807, 2.05) is 24.3 Å². The normalized spacial score (nSPS) is 14.9. The molecule has 3 heterocycles. The van der Waals surface area contributed by atoms with Crippen LogP contribution in [-0.4, -0.2) is 40.7 Å². The van der Waals surface area contributed by atoms with E-state index < -0.39 is 23.5 Å². The van der Waals surface area contributed by atoms with Gasteiger partial charge in [0, 0.05) is 10.8 Å². The molecule has 224 valence electrons. The minimum atomic E-state index is -1.03. The summed E-state index contributed by atoms with van der Waals surface area (Å²) in [5, 5.41) is 20.5. The molecule has 1 aliphatic rings. The molecular formula is C31H30ClN3O6S2. The van der Waals surface area contributed by atoms with Crippen LogP contribution in [0.15, 0.2) is 74.7 Å². The number of carbonyl (C=O) groups is 2. The third kappa shape index (κ3) is 6.58. The fourth-order valence-corrected chi connectivity index (χ4v) is 6.81. The van der Waals surface area contributed by atoms with Gasteiger partial charge in [0.05, 0.1) is 25.3 Å². The van der Waals surface area contributed by atoms with Crippen molar-refractivity contribution in [1.29, 1.82) is 0 Å². The number of furan rings is 1. The Hall–Kier alpha value is -3.80. The molecule has 0 spiro atoms. The van der Waals surface area contributed by atoms with Crippen molar-refractivity contribution in [3.63, 3.8) is 0 Å². The van der Waals surface area contributed by atoms with Gasteiger partial charge in [-0.25, -0.2) is 0 Å². The first-order valence-corrected chi connectivity index (χ1v) is 15.9. The largest absolute Gasteiger partial charge is 0.503 e. The van der Waals surface area contributed by atoms with Gasteiger partial charge in [-0.3, -0.25) is 14.5 Å². The van der Waals surface area contributed by atoms with Crippen molar-refractivity contribution in [2.45, 2.75) is 49.2 Å². The number of ketones is 1. The molecule has 0 aliphatic carbocycles. The maximum atomic E-state index is 13.7. The Morgan fingerprint density at radius 2 is 1.95 bits per heavy atom. The van der Waals surface area contributed by atoms with Crippen LogP contribution in [0.1, 0.15) is 59.7 Å². The summed E-state index contributed by atoms with van der Waals surface area (Å²) in [4.78, 5) is 28.6. The zero-order valence-electron chi connectivity index (χ0n) is 23.8. The third-order valence-corrected chi connectivity index (χ3v) is 9.31. The lowest BCUT2D eigenvalue weighted by Gasteiger charge is -2.24. The number of thioether (sulfide) groups is 1. The van der Waals surface area contributed by atoms with Crippen LogP contribution in [0.4, 0.5) is 5.13 Å². The van der Waals surface area contributed by atoms with Crippen LogP contribution >= 0.6 is 34.7 Å². The number of methoxy groups -OCH3 is 1. The molecule has 0 fully saturated rings. The lowest BCUT2D eigenvalue weighted by molar-refractivity contribution is -0.117. The van der Waals surface area contributed by atoms with Gasteiger partial charge in [-0.15, -0.1) is 10.2 Å². The topological polar surface area (TPSA) is 115 Å².